The van der Waals surface area contributed by atoms with Gasteiger partial charge in [-0.25, -0.2) is 0 Å². The van der Waals surface area contributed by atoms with Gasteiger partial charge in [-0.3, -0.25) is 4.55 Å². The Morgan fingerprint density at radius 1 is 0.829 bits per heavy atom. The number of azo groups is 1. The number of fused-ring (bicyclic) bond motifs is 1. The largest absolute Gasteiger partial charge is 0.505 e. The zero-order chi connectivity index (χ0) is 25.5. The number of phenolic OH excluding ortho intramolecular Hbond substituents is 1. The number of aromatic hydroxyl groups is 1. The molecule has 0 aliphatic heterocycles. The van der Waals surface area contributed by atoms with Gasteiger partial charge in [-0.15, -0.1) is 5.11 Å². The van der Waals surface area contributed by atoms with Gasteiger partial charge in [0.25, 0.3) is 10.1 Å². The number of phenols is 1. The molecule has 35 heavy (non-hydrogen) atoms. The van der Waals surface area contributed by atoms with Crippen molar-refractivity contribution in [3.63, 3.8) is 0 Å². The predicted octanol–water partition coefficient (Wildman–Crippen LogP) is 7.20. The fourth-order valence-corrected chi connectivity index (χ4v) is 4.97. The zero-order valence-corrected chi connectivity index (χ0v) is 20.8. The second-order valence-electron chi connectivity index (χ2n) is 8.91. The number of nitrogens with zero attached hydrogens (tertiary/aromatic N) is 2. The van der Waals surface area contributed by atoms with E-state index < -0.39 is 10.1 Å². The summed E-state index contributed by atoms with van der Waals surface area (Å²) in [6.07, 6.45) is 0. The summed E-state index contributed by atoms with van der Waals surface area (Å²) in [5.74, 6) is 0.152. The number of rotatable bonds is 5. The molecule has 0 fully saturated rings. The molecule has 7 nitrogen and oxygen atoms in total. The van der Waals surface area contributed by atoms with Crippen LogP contribution in [0.2, 0.25) is 0 Å². The van der Waals surface area contributed by atoms with E-state index >= 15 is 0 Å². The Bertz CT molecular complexity index is 1590. The van der Waals surface area contributed by atoms with Crippen LogP contribution in [0.25, 0.3) is 21.9 Å². The van der Waals surface area contributed by atoms with Crippen LogP contribution in [-0.4, -0.2) is 18.1 Å². The van der Waals surface area contributed by atoms with Crippen LogP contribution in [0.4, 0.5) is 17.1 Å². The molecule has 0 bridgehead atoms. The van der Waals surface area contributed by atoms with Crippen molar-refractivity contribution < 1.29 is 18.1 Å². The summed E-state index contributed by atoms with van der Waals surface area (Å²) in [5, 5.41) is 19.4. The topological polar surface area (TPSA) is 125 Å². The highest BCUT2D eigenvalue weighted by Gasteiger charge is 2.19. The van der Waals surface area contributed by atoms with Crippen LogP contribution in [0.1, 0.15) is 36.5 Å². The first-order chi connectivity index (χ1) is 16.5. The van der Waals surface area contributed by atoms with Gasteiger partial charge in [0.15, 0.2) is 5.75 Å². The van der Waals surface area contributed by atoms with Gasteiger partial charge < -0.3 is 10.8 Å². The van der Waals surface area contributed by atoms with E-state index in [4.69, 9.17) is 5.73 Å². The van der Waals surface area contributed by atoms with Gasteiger partial charge in [-0.2, -0.15) is 13.5 Å². The first kappa shape index (κ1) is 24.4. The number of anilines is 1. The lowest BCUT2D eigenvalue weighted by molar-refractivity contribution is 0.482. The van der Waals surface area contributed by atoms with Crippen molar-refractivity contribution in [1.29, 1.82) is 0 Å². The fraction of sp³-hybridized carbons (Fsp3) is 0.185. The van der Waals surface area contributed by atoms with E-state index in [1.54, 1.807) is 0 Å². The molecule has 4 aromatic carbocycles. The average molecular weight is 490 g/mol. The Morgan fingerprint density at radius 2 is 1.43 bits per heavy atom. The molecule has 0 aromatic heterocycles. The molecule has 4 aromatic rings. The monoisotopic (exact) mass is 489 g/mol. The Labute approximate surface area is 204 Å². The number of hydrogen-bond donors (Lipinski definition) is 3. The molecule has 0 amide bonds. The third-order valence-corrected chi connectivity index (χ3v) is 7.00. The number of nitrogens with two attached hydrogens (primary N) is 1. The second kappa shape index (κ2) is 9.13. The number of hydrogen-bond acceptors (Lipinski definition) is 6. The van der Waals surface area contributed by atoms with E-state index in [1.807, 2.05) is 25.1 Å². The molecule has 8 heteroatoms. The predicted molar refractivity (Wildman–Crippen MR) is 139 cm³/mol. The normalized spacial score (nSPS) is 12.2. The van der Waals surface area contributed by atoms with Crippen LogP contribution in [0.15, 0.2) is 75.8 Å². The lowest BCUT2D eigenvalue weighted by Gasteiger charge is -2.12. The minimum absolute atomic E-state index is 0.0869. The lowest BCUT2D eigenvalue weighted by Crippen LogP contribution is -2.00. The van der Waals surface area contributed by atoms with Gasteiger partial charge in [-0.05, 0) is 77.9 Å². The van der Waals surface area contributed by atoms with Gasteiger partial charge in [-0.1, -0.05) is 44.2 Å². The van der Waals surface area contributed by atoms with Crippen LogP contribution >= 0.6 is 0 Å². The third kappa shape index (κ3) is 4.76. The number of benzene rings is 4. The summed E-state index contributed by atoms with van der Waals surface area (Å²) in [6, 6.07) is 17.7. The molecule has 0 unspecified atom stereocenters. The molecular formula is C27H27N3O4S. The molecule has 0 heterocycles. The van der Waals surface area contributed by atoms with E-state index in [9.17, 15) is 18.1 Å². The van der Waals surface area contributed by atoms with Gasteiger partial charge in [0.2, 0.25) is 0 Å². The molecule has 4 rings (SSSR count). The summed E-state index contributed by atoms with van der Waals surface area (Å²) in [6.45, 7) is 8.42. The van der Waals surface area contributed by atoms with Crippen LogP contribution in [0.5, 0.6) is 5.75 Å². The van der Waals surface area contributed by atoms with Gasteiger partial charge in [0, 0.05) is 11.1 Å². The maximum atomic E-state index is 11.7. The van der Waals surface area contributed by atoms with E-state index in [0.29, 0.717) is 11.6 Å². The van der Waals surface area contributed by atoms with Gasteiger partial charge >= 0.3 is 0 Å². The minimum atomic E-state index is -4.49. The SMILES string of the molecule is Cc1cc(-c2ccc(C(C)C)c(C)c2)ccc1N=Nc1ccc2c(S(=O)(=O)O)ccc(N)c2c1O. The molecule has 0 radical (unpaired) electrons. The summed E-state index contributed by atoms with van der Waals surface area (Å²) in [7, 11) is -4.49. The molecule has 4 N–H and O–H groups in total. The van der Waals surface area contributed by atoms with Crippen LogP contribution in [-0.2, 0) is 10.1 Å². The highest BCUT2D eigenvalue weighted by Crippen LogP contribution is 2.41. The van der Waals surface area contributed by atoms with Crippen molar-refractivity contribution >= 4 is 38.0 Å². The summed E-state index contributed by atoms with van der Waals surface area (Å²) in [4.78, 5) is -0.344. The average Bonchev–Trinajstić information content (AvgIpc) is 2.78. The third-order valence-electron chi connectivity index (χ3n) is 6.09. The molecule has 0 aliphatic rings. The Hall–Kier alpha value is -3.75. The maximum Gasteiger partial charge on any atom is 0.295 e. The van der Waals surface area contributed by atoms with E-state index in [0.717, 1.165) is 16.7 Å². The molecule has 0 saturated carbocycles. The van der Waals surface area contributed by atoms with E-state index in [-0.39, 0.29) is 32.8 Å². The lowest BCUT2D eigenvalue weighted by atomic mass is 9.93. The van der Waals surface area contributed by atoms with Crippen molar-refractivity contribution in [2.24, 2.45) is 10.2 Å². The molecular weight excluding hydrogens is 462 g/mol. The number of aryl methyl sites for hydroxylation is 2. The quantitative estimate of drug-likeness (QED) is 0.155. The summed E-state index contributed by atoms with van der Waals surface area (Å²) in [5.41, 5.74) is 12.6. The first-order valence-electron chi connectivity index (χ1n) is 11.1. The highest BCUT2D eigenvalue weighted by atomic mass is 32.2. The summed E-state index contributed by atoms with van der Waals surface area (Å²) >= 11 is 0. The van der Waals surface area contributed by atoms with Crippen LogP contribution < -0.4 is 5.73 Å². The van der Waals surface area contributed by atoms with Crippen molar-refractivity contribution in [3.8, 4) is 16.9 Å². The zero-order valence-electron chi connectivity index (χ0n) is 19.9. The van der Waals surface area contributed by atoms with Crippen LogP contribution in [0.3, 0.4) is 0 Å². The molecule has 0 saturated heterocycles. The van der Waals surface area contributed by atoms with Crippen molar-refractivity contribution in [1.82, 2.24) is 0 Å². The smallest absolute Gasteiger partial charge is 0.295 e. The van der Waals surface area contributed by atoms with E-state index in [2.05, 4.69) is 49.2 Å². The first-order valence-corrected chi connectivity index (χ1v) is 12.6. The standard InChI is InChI=1S/C27H27N3O4S/c1-15(2)20-7-5-18(13-16(20)3)19-6-10-23(17(4)14-19)29-30-24-11-8-21-25(35(32,33)34)12-9-22(28)26(21)27(24)31/h5-15,31H,28H2,1-4H3,(H,32,33,34). The number of nitrogen functional groups attached to an aromatic ring is 1. The molecule has 180 valence electrons. The molecule has 0 spiro atoms. The van der Waals surface area contributed by atoms with Crippen molar-refractivity contribution in [3.05, 3.63) is 77.4 Å². The Balaban J connectivity index is 1.69. The Kier molecular flexibility index (Phi) is 6.36. The van der Waals surface area contributed by atoms with Crippen molar-refractivity contribution in [2.75, 3.05) is 5.73 Å². The summed E-state index contributed by atoms with van der Waals surface area (Å²) < 4.78 is 32.9. The fourth-order valence-electron chi connectivity index (χ4n) is 4.28. The Morgan fingerprint density at radius 3 is 2.03 bits per heavy atom. The molecule has 0 aliphatic carbocycles. The molecule has 0 atom stereocenters. The van der Waals surface area contributed by atoms with Crippen LogP contribution in [0, 0.1) is 13.8 Å². The second-order valence-corrected chi connectivity index (χ2v) is 10.3. The van der Waals surface area contributed by atoms with Crippen molar-refractivity contribution in [2.45, 2.75) is 38.5 Å². The maximum absolute atomic E-state index is 11.7. The highest BCUT2D eigenvalue weighted by molar-refractivity contribution is 7.86. The van der Waals surface area contributed by atoms with Gasteiger partial charge in [0.1, 0.15) is 10.6 Å². The van der Waals surface area contributed by atoms with Gasteiger partial charge in [0.05, 0.1) is 11.1 Å². The van der Waals surface area contributed by atoms with E-state index in [1.165, 1.54) is 35.4 Å². The minimum Gasteiger partial charge on any atom is -0.505 e.